The fraction of sp³-hybridized carbons (Fsp3) is 0.750. The first-order valence-electron chi connectivity index (χ1n) is 8.02. The Morgan fingerprint density at radius 3 is 2.75 bits per heavy atom. The van der Waals surface area contributed by atoms with Gasteiger partial charge in [0.15, 0.2) is 5.78 Å². The molecular formula is C16H27N3O. The van der Waals surface area contributed by atoms with Crippen LogP contribution in [0.1, 0.15) is 64.1 Å². The number of Topliss-reactive ketones (excluding diaryl/α,β-unsaturated/α-hetero) is 1. The molecule has 4 nitrogen and oxygen atoms in total. The molecule has 0 atom stereocenters. The summed E-state index contributed by atoms with van der Waals surface area (Å²) in [6.45, 7) is 4.83. The van der Waals surface area contributed by atoms with E-state index >= 15 is 0 Å². The number of carbonyl (C=O) groups is 1. The van der Waals surface area contributed by atoms with Gasteiger partial charge in [0.2, 0.25) is 0 Å². The van der Waals surface area contributed by atoms with Gasteiger partial charge in [0.25, 0.3) is 0 Å². The Kier molecular flexibility index (Phi) is 5.77. The van der Waals surface area contributed by atoms with Crippen LogP contribution in [0.4, 0.5) is 0 Å². The second kappa shape index (κ2) is 7.58. The van der Waals surface area contributed by atoms with Crippen molar-refractivity contribution in [2.45, 2.75) is 70.9 Å². The highest BCUT2D eigenvalue weighted by Gasteiger charge is 2.16. The molecule has 0 radical (unpaired) electrons. The molecule has 0 aliphatic heterocycles. The van der Waals surface area contributed by atoms with Gasteiger partial charge in [0.1, 0.15) is 0 Å². The van der Waals surface area contributed by atoms with Gasteiger partial charge in [0, 0.05) is 12.2 Å². The van der Waals surface area contributed by atoms with Crippen LogP contribution in [0, 0.1) is 0 Å². The molecule has 0 spiro atoms. The summed E-state index contributed by atoms with van der Waals surface area (Å²) in [5, 5.41) is 7.91. The number of carbonyl (C=O) groups excluding carboxylic acids is 1. The molecule has 0 aromatic carbocycles. The van der Waals surface area contributed by atoms with Crippen molar-refractivity contribution >= 4 is 5.78 Å². The largest absolute Gasteiger partial charge is 0.307 e. The molecule has 0 amide bonds. The predicted molar refractivity (Wildman–Crippen MR) is 80.8 cm³/mol. The highest BCUT2D eigenvalue weighted by molar-refractivity contribution is 5.82. The second-order valence-electron chi connectivity index (χ2n) is 5.84. The summed E-state index contributed by atoms with van der Waals surface area (Å²) in [7, 11) is 0. The van der Waals surface area contributed by atoms with Crippen molar-refractivity contribution < 1.29 is 4.79 Å². The highest BCUT2D eigenvalue weighted by atomic mass is 16.1. The molecule has 0 bridgehead atoms. The number of rotatable bonds is 8. The summed E-state index contributed by atoms with van der Waals surface area (Å²) >= 11 is 0. The fourth-order valence-corrected chi connectivity index (χ4v) is 2.99. The molecule has 1 aliphatic rings. The van der Waals surface area contributed by atoms with Gasteiger partial charge in [-0.2, -0.15) is 5.10 Å². The quantitative estimate of drug-likeness (QED) is 0.795. The zero-order chi connectivity index (χ0) is 14.4. The van der Waals surface area contributed by atoms with Crippen molar-refractivity contribution in [3.05, 3.63) is 18.0 Å². The summed E-state index contributed by atoms with van der Waals surface area (Å²) in [5.74, 6) is 0.242. The lowest BCUT2D eigenvalue weighted by Gasteiger charge is -2.12. The maximum absolute atomic E-state index is 12.0. The van der Waals surface area contributed by atoms with Crippen molar-refractivity contribution in [2.75, 3.05) is 6.54 Å². The van der Waals surface area contributed by atoms with Crippen molar-refractivity contribution in [1.29, 1.82) is 0 Å². The Hall–Kier alpha value is -1.16. The van der Waals surface area contributed by atoms with Crippen LogP contribution in [-0.4, -0.2) is 28.2 Å². The molecular weight excluding hydrogens is 250 g/mol. The van der Waals surface area contributed by atoms with Crippen molar-refractivity contribution in [2.24, 2.45) is 0 Å². The average Bonchev–Trinajstić information content (AvgIpc) is 3.10. The van der Waals surface area contributed by atoms with Gasteiger partial charge < -0.3 is 5.32 Å². The minimum Gasteiger partial charge on any atom is -0.307 e. The van der Waals surface area contributed by atoms with Gasteiger partial charge in [-0.1, -0.05) is 26.7 Å². The third kappa shape index (κ3) is 4.17. The number of ketones is 1. The second-order valence-corrected chi connectivity index (χ2v) is 5.84. The van der Waals surface area contributed by atoms with E-state index in [4.69, 9.17) is 0 Å². The molecule has 1 aromatic heterocycles. The van der Waals surface area contributed by atoms with Crippen LogP contribution in [0.3, 0.4) is 0 Å². The maximum atomic E-state index is 12.0. The lowest BCUT2D eigenvalue weighted by atomic mass is 10.2. The van der Waals surface area contributed by atoms with Crippen LogP contribution in [0.15, 0.2) is 12.3 Å². The number of hydrogen-bond donors (Lipinski definition) is 1. The first-order valence-corrected chi connectivity index (χ1v) is 8.02. The summed E-state index contributed by atoms with van der Waals surface area (Å²) in [4.78, 5) is 12.0. The SMILES string of the molecule is CCC(CC)n1ccc(CC(=O)CNC2CCCC2)n1. The van der Waals surface area contributed by atoms with Gasteiger partial charge in [-0.15, -0.1) is 0 Å². The zero-order valence-electron chi connectivity index (χ0n) is 12.8. The molecule has 0 saturated heterocycles. The van der Waals surface area contributed by atoms with Crippen molar-refractivity contribution in [3.8, 4) is 0 Å². The Balaban J connectivity index is 1.78. The molecule has 112 valence electrons. The smallest absolute Gasteiger partial charge is 0.152 e. The first-order chi connectivity index (χ1) is 9.72. The molecule has 1 aliphatic carbocycles. The monoisotopic (exact) mass is 277 g/mol. The number of nitrogens with one attached hydrogen (secondary N) is 1. The van der Waals surface area contributed by atoms with Crippen LogP contribution in [0.25, 0.3) is 0 Å². The van der Waals surface area contributed by atoms with Gasteiger partial charge in [-0.05, 0) is 31.7 Å². The number of aromatic nitrogens is 2. The standard InChI is InChI=1S/C16H27N3O/c1-3-15(4-2)19-10-9-14(18-19)11-16(20)12-17-13-7-5-6-8-13/h9-10,13,15,17H,3-8,11-12H2,1-2H3. The Morgan fingerprint density at radius 1 is 1.40 bits per heavy atom. The molecule has 1 fully saturated rings. The highest BCUT2D eigenvalue weighted by Crippen LogP contribution is 2.17. The zero-order valence-corrected chi connectivity index (χ0v) is 12.8. The predicted octanol–water partition coefficient (Wildman–Crippen LogP) is 2.89. The van der Waals surface area contributed by atoms with E-state index in [9.17, 15) is 4.79 Å². The van der Waals surface area contributed by atoms with Crippen LogP contribution >= 0.6 is 0 Å². The Labute approximate surface area is 121 Å². The average molecular weight is 277 g/mol. The van der Waals surface area contributed by atoms with Crippen molar-refractivity contribution in [3.63, 3.8) is 0 Å². The van der Waals surface area contributed by atoms with E-state index in [1.165, 1.54) is 25.7 Å². The lowest BCUT2D eigenvalue weighted by Crippen LogP contribution is -2.32. The molecule has 2 rings (SSSR count). The minimum atomic E-state index is 0.242. The van der Waals surface area contributed by atoms with Crippen LogP contribution in [0.5, 0.6) is 0 Å². The van der Waals surface area contributed by atoms with E-state index in [0.29, 0.717) is 25.0 Å². The molecule has 0 unspecified atom stereocenters. The Morgan fingerprint density at radius 2 is 2.10 bits per heavy atom. The van der Waals surface area contributed by atoms with Gasteiger partial charge in [0.05, 0.1) is 24.7 Å². The summed E-state index contributed by atoms with van der Waals surface area (Å²) in [6.07, 6.45) is 9.64. The first kappa shape index (κ1) is 15.2. The molecule has 1 heterocycles. The van der Waals surface area contributed by atoms with E-state index in [2.05, 4.69) is 24.3 Å². The van der Waals surface area contributed by atoms with Gasteiger partial charge >= 0.3 is 0 Å². The number of nitrogens with zero attached hydrogens (tertiary/aromatic N) is 2. The third-order valence-corrected chi connectivity index (χ3v) is 4.30. The summed E-state index contributed by atoms with van der Waals surface area (Å²) in [6, 6.07) is 2.99. The van der Waals surface area contributed by atoms with E-state index in [1.54, 1.807) is 0 Å². The van der Waals surface area contributed by atoms with Gasteiger partial charge in [-0.3, -0.25) is 9.48 Å². The summed E-state index contributed by atoms with van der Waals surface area (Å²) in [5.41, 5.74) is 0.898. The van der Waals surface area contributed by atoms with E-state index < -0.39 is 0 Å². The van der Waals surface area contributed by atoms with Crippen LogP contribution in [0.2, 0.25) is 0 Å². The van der Waals surface area contributed by atoms with E-state index in [1.807, 2.05) is 16.9 Å². The normalized spacial score (nSPS) is 16.1. The summed E-state index contributed by atoms with van der Waals surface area (Å²) < 4.78 is 2.01. The maximum Gasteiger partial charge on any atom is 0.152 e. The molecule has 20 heavy (non-hydrogen) atoms. The molecule has 4 heteroatoms. The van der Waals surface area contributed by atoms with E-state index in [0.717, 1.165) is 18.5 Å². The third-order valence-electron chi connectivity index (χ3n) is 4.30. The van der Waals surface area contributed by atoms with Crippen molar-refractivity contribution in [1.82, 2.24) is 15.1 Å². The minimum absolute atomic E-state index is 0.242. The van der Waals surface area contributed by atoms with E-state index in [-0.39, 0.29) is 5.78 Å². The topological polar surface area (TPSA) is 46.9 Å². The van der Waals surface area contributed by atoms with Crippen LogP contribution < -0.4 is 5.32 Å². The molecule has 1 N–H and O–H groups in total. The molecule has 1 aromatic rings. The van der Waals surface area contributed by atoms with Crippen LogP contribution in [-0.2, 0) is 11.2 Å². The fourth-order valence-electron chi connectivity index (χ4n) is 2.99. The Bertz CT molecular complexity index is 417. The lowest BCUT2D eigenvalue weighted by molar-refractivity contribution is -0.117. The number of hydrogen-bond acceptors (Lipinski definition) is 3. The van der Waals surface area contributed by atoms with Gasteiger partial charge in [-0.25, -0.2) is 0 Å². The molecule has 1 saturated carbocycles.